The van der Waals surface area contributed by atoms with E-state index in [0.717, 1.165) is 5.56 Å². The fraction of sp³-hybridized carbons (Fsp3) is 0.250. The molecular weight excluding hydrogens is 231 g/mol. The Balaban J connectivity index is 2.62. The van der Waals surface area contributed by atoms with Gasteiger partial charge in [-0.2, -0.15) is 13.2 Å². The molecule has 2 nitrogen and oxygen atoms in total. The van der Waals surface area contributed by atoms with Crippen molar-refractivity contribution >= 4 is 5.91 Å². The lowest BCUT2D eigenvalue weighted by Crippen LogP contribution is -2.43. The minimum atomic E-state index is -4.86. The van der Waals surface area contributed by atoms with E-state index in [9.17, 15) is 18.0 Å². The molecule has 0 saturated carbocycles. The molecule has 1 aromatic rings. The zero-order valence-electron chi connectivity index (χ0n) is 9.00. The predicted molar refractivity (Wildman–Crippen MR) is 58.3 cm³/mol. The topological polar surface area (TPSA) is 29.1 Å². The first-order valence-electron chi connectivity index (χ1n) is 4.97. The molecule has 1 atom stereocenters. The molecule has 1 amide bonds. The first-order valence-corrected chi connectivity index (χ1v) is 4.97. The van der Waals surface area contributed by atoms with E-state index in [0.29, 0.717) is 0 Å². The van der Waals surface area contributed by atoms with Crippen LogP contribution in [-0.4, -0.2) is 18.1 Å². The van der Waals surface area contributed by atoms with E-state index in [1.165, 1.54) is 6.08 Å². The second-order valence-electron chi connectivity index (χ2n) is 3.50. The second kappa shape index (κ2) is 5.52. The highest BCUT2D eigenvalue weighted by Crippen LogP contribution is 2.15. The van der Waals surface area contributed by atoms with Crippen molar-refractivity contribution in [3.8, 4) is 0 Å². The maximum Gasteiger partial charge on any atom is 0.471 e. The van der Waals surface area contributed by atoms with Crippen LogP contribution in [0.5, 0.6) is 0 Å². The Morgan fingerprint density at radius 1 is 1.35 bits per heavy atom. The van der Waals surface area contributed by atoms with Gasteiger partial charge in [-0.15, -0.1) is 6.58 Å². The van der Waals surface area contributed by atoms with E-state index in [1.54, 1.807) is 30.3 Å². The van der Waals surface area contributed by atoms with Crippen LogP contribution in [0, 0.1) is 0 Å². The van der Waals surface area contributed by atoms with Crippen LogP contribution in [0.2, 0.25) is 0 Å². The van der Waals surface area contributed by atoms with Crippen molar-refractivity contribution in [2.75, 3.05) is 0 Å². The lowest BCUT2D eigenvalue weighted by molar-refractivity contribution is -0.174. The predicted octanol–water partition coefficient (Wildman–Crippen LogP) is 2.46. The largest absolute Gasteiger partial charge is 0.471 e. The van der Waals surface area contributed by atoms with Crippen molar-refractivity contribution in [3.05, 3.63) is 48.6 Å². The van der Waals surface area contributed by atoms with Gasteiger partial charge in [-0.25, -0.2) is 0 Å². The minimum Gasteiger partial charge on any atom is -0.342 e. The standard InChI is InChI=1S/C12H12F3NO/c1-2-10(16-11(17)12(13,14)15)8-9-6-4-3-5-7-9/h2-7,10H,1,8H2,(H,16,17). The first-order chi connectivity index (χ1) is 7.93. The highest BCUT2D eigenvalue weighted by atomic mass is 19.4. The van der Waals surface area contributed by atoms with Crippen molar-refractivity contribution in [3.63, 3.8) is 0 Å². The molecule has 1 aromatic carbocycles. The minimum absolute atomic E-state index is 0.284. The third kappa shape index (κ3) is 4.30. The summed E-state index contributed by atoms with van der Waals surface area (Å²) in [6, 6.07) is 8.18. The lowest BCUT2D eigenvalue weighted by Gasteiger charge is -2.16. The first kappa shape index (κ1) is 13.3. The molecule has 0 aliphatic heterocycles. The monoisotopic (exact) mass is 243 g/mol. The Bertz CT molecular complexity index is 386. The van der Waals surface area contributed by atoms with Crippen LogP contribution in [-0.2, 0) is 11.2 Å². The zero-order chi connectivity index (χ0) is 12.9. The molecule has 0 fully saturated rings. The van der Waals surface area contributed by atoms with Gasteiger partial charge < -0.3 is 5.32 Å². The molecule has 0 saturated heterocycles. The van der Waals surface area contributed by atoms with Crippen LogP contribution in [0.3, 0.4) is 0 Å². The summed E-state index contributed by atoms with van der Waals surface area (Å²) in [4.78, 5) is 10.7. The van der Waals surface area contributed by atoms with Crippen molar-refractivity contribution in [1.82, 2.24) is 5.32 Å². The summed E-state index contributed by atoms with van der Waals surface area (Å²) >= 11 is 0. The quantitative estimate of drug-likeness (QED) is 0.809. The summed E-state index contributed by atoms with van der Waals surface area (Å²) in [6.07, 6.45) is -3.29. The maximum absolute atomic E-state index is 12.0. The number of nitrogens with one attached hydrogen (secondary N) is 1. The highest BCUT2D eigenvalue weighted by Gasteiger charge is 2.39. The molecule has 92 valence electrons. The molecule has 0 bridgehead atoms. The van der Waals surface area contributed by atoms with Crippen LogP contribution in [0.15, 0.2) is 43.0 Å². The Kier molecular flexibility index (Phi) is 4.31. The molecule has 0 aromatic heterocycles. The van der Waals surface area contributed by atoms with Crippen LogP contribution < -0.4 is 5.32 Å². The number of halogens is 3. The van der Waals surface area contributed by atoms with Crippen LogP contribution in [0.1, 0.15) is 5.56 Å². The van der Waals surface area contributed by atoms with Gasteiger partial charge in [0.25, 0.3) is 0 Å². The normalized spacial score (nSPS) is 12.9. The average molecular weight is 243 g/mol. The van der Waals surface area contributed by atoms with Gasteiger partial charge in [0, 0.05) is 0 Å². The maximum atomic E-state index is 12.0. The SMILES string of the molecule is C=CC(Cc1ccccc1)NC(=O)C(F)(F)F. The molecule has 1 N–H and O–H groups in total. The van der Waals surface area contributed by atoms with Crippen LogP contribution in [0.4, 0.5) is 13.2 Å². The number of hydrogen-bond acceptors (Lipinski definition) is 1. The van der Waals surface area contributed by atoms with Gasteiger partial charge in [-0.1, -0.05) is 36.4 Å². The number of carbonyl (C=O) groups excluding carboxylic acids is 1. The van der Waals surface area contributed by atoms with E-state index >= 15 is 0 Å². The van der Waals surface area contributed by atoms with Gasteiger partial charge in [-0.3, -0.25) is 4.79 Å². The number of carbonyl (C=O) groups is 1. The van der Waals surface area contributed by atoms with Crippen molar-refractivity contribution in [2.24, 2.45) is 0 Å². The van der Waals surface area contributed by atoms with Crippen LogP contribution in [0.25, 0.3) is 0 Å². The van der Waals surface area contributed by atoms with Gasteiger partial charge in [0.1, 0.15) is 0 Å². The summed E-state index contributed by atoms with van der Waals surface area (Å²) in [5.41, 5.74) is 0.833. The lowest BCUT2D eigenvalue weighted by atomic mass is 10.1. The molecule has 0 radical (unpaired) electrons. The molecular formula is C12H12F3NO. The molecule has 0 aliphatic rings. The Labute approximate surface area is 97.1 Å². The van der Waals surface area contributed by atoms with Crippen molar-refractivity contribution in [2.45, 2.75) is 18.6 Å². The smallest absolute Gasteiger partial charge is 0.342 e. The fourth-order valence-corrected chi connectivity index (χ4v) is 1.31. The summed E-state index contributed by atoms with van der Waals surface area (Å²) in [5.74, 6) is -1.95. The Morgan fingerprint density at radius 3 is 2.41 bits per heavy atom. The van der Waals surface area contributed by atoms with Crippen molar-refractivity contribution in [1.29, 1.82) is 0 Å². The fourth-order valence-electron chi connectivity index (χ4n) is 1.31. The summed E-state index contributed by atoms with van der Waals surface area (Å²) in [7, 11) is 0. The summed E-state index contributed by atoms with van der Waals surface area (Å²) < 4.78 is 36.1. The molecule has 0 aliphatic carbocycles. The Morgan fingerprint density at radius 2 is 1.94 bits per heavy atom. The van der Waals surface area contributed by atoms with E-state index in [4.69, 9.17) is 0 Å². The molecule has 1 unspecified atom stereocenters. The number of amides is 1. The van der Waals surface area contributed by atoms with Gasteiger partial charge in [0.05, 0.1) is 6.04 Å². The number of rotatable bonds is 4. The third-order valence-electron chi connectivity index (χ3n) is 2.16. The molecule has 1 rings (SSSR count). The van der Waals surface area contributed by atoms with Crippen molar-refractivity contribution < 1.29 is 18.0 Å². The number of alkyl halides is 3. The second-order valence-corrected chi connectivity index (χ2v) is 3.50. The van der Waals surface area contributed by atoms with Gasteiger partial charge in [0.15, 0.2) is 0 Å². The molecule has 5 heteroatoms. The average Bonchev–Trinajstić information content (AvgIpc) is 2.28. The molecule has 0 spiro atoms. The van der Waals surface area contributed by atoms with E-state index in [-0.39, 0.29) is 6.42 Å². The highest BCUT2D eigenvalue weighted by molar-refractivity contribution is 5.82. The van der Waals surface area contributed by atoms with Gasteiger partial charge in [-0.05, 0) is 12.0 Å². The molecule has 17 heavy (non-hydrogen) atoms. The Hall–Kier alpha value is -1.78. The third-order valence-corrected chi connectivity index (χ3v) is 2.16. The molecule has 0 heterocycles. The van der Waals surface area contributed by atoms with E-state index in [1.807, 2.05) is 5.32 Å². The van der Waals surface area contributed by atoms with E-state index in [2.05, 4.69) is 6.58 Å². The van der Waals surface area contributed by atoms with Gasteiger partial charge in [0.2, 0.25) is 0 Å². The van der Waals surface area contributed by atoms with Crippen LogP contribution >= 0.6 is 0 Å². The van der Waals surface area contributed by atoms with Gasteiger partial charge >= 0.3 is 12.1 Å². The van der Waals surface area contributed by atoms with E-state index < -0.39 is 18.1 Å². The summed E-state index contributed by atoms with van der Waals surface area (Å²) in [6.45, 7) is 3.41. The number of hydrogen-bond donors (Lipinski definition) is 1. The summed E-state index contributed by atoms with van der Waals surface area (Å²) in [5, 5.41) is 1.87. The zero-order valence-corrected chi connectivity index (χ0v) is 9.00. The number of benzene rings is 1.